The lowest BCUT2D eigenvalue weighted by Crippen LogP contribution is -2.65. The van der Waals surface area contributed by atoms with Gasteiger partial charge in [0.1, 0.15) is 0 Å². The first-order valence-corrected chi connectivity index (χ1v) is 24.5. The fraction of sp³-hybridized carbons (Fsp3) is 0.226. The van der Waals surface area contributed by atoms with Gasteiger partial charge in [-0.3, -0.25) is 0 Å². The molecule has 0 aromatic heterocycles. The van der Waals surface area contributed by atoms with Crippen molar-refractivity contribution >= 4 is 62.9 Å². The van der Waals surface area contributed by atoms with E-state index in [0.29, 0.717) is 0 Å². The Morgan fingerprint density at radius 2 is 1.12 bits per heavy atom. The van der Waals surface area contributed by atoms with Crippen LogP contribution in [0.3, 0.4) is 0 Å². The molecular weight excluding hydrogens is 798 g/mol. The molecule has 0 N–H and O–H groups in total. The zero-order valence-electron chi connectivity index (χ0n) is 38.5. The number of benzene rings is 8. The molecule has 4 atom stereocenters. The van der Waals surface area contributed by atoms with E-state index in [-0.39, 0.29) is 23.1 Å². The van der Waals surface area contributed by atoms with Crippen LogP contribution in [0, 0.1) is 13.8 Å². The Morgan fingerprint density at radius 3 is 1.92 bits per heavy atom. The molecular formula is C62H54BN3. The molecule has 4 heteroatoms. The van der Waals surface area contributed by atoms with E-state index in [1.165, 1.54) is 114 Å². The summed E-state index contributed by atoms with van der Waals surface area (Å²) in [6.45, 7) is 9.78. The van der Waals surface area contributed by atoms with Crippen LogP contribution in [0.2, 0.25) is 0 Å². The summed E-state index contributed by atoms with van der Waals surface area (Å²) >= 11 is 0. The van der Waals surface area contributed by atoms with Crippen LogP contribution in [0.5, 0.6) is 0 Å². The van der Waals surface area contributed by atoms with E-state index in [1.54, 1.807) is 0 Å². The van der Waals surface area contributed by atoms with Crippen molar-refractivity contribution in [3.05, 3.63) is 226 Å². The molecule has 320 valence electrons. The monoisotopic (exact) mass is 851 g/mol. The topological polar surface area (TPSA) is 9.72 Å². The third-order valence-electron chi connectivity index (χ3n) is 17.8. The standard InChI is InChI=1S/C62H54BN3/c1-41-19-17-25-46(37-41)64-54-38-42(2)31-32-51(54)63-52-29-18-28-50-58(52)66(59(3)34-15-16-35-61(50,59)44-21-7-5-8-22-44)56-40-47(39-55(64)57(56)63)65-53-30-14-13-27-49(53)62(45-23-9-6-10-24-45)36-33-43-20-11-12-26-48(43)60(62,65)4/h5-14,17-32,37-40H,15-16,33-36H2,1-4H3. The van der Waals surface area contributed by atoms with E-state index >= 15 is 0 Å². The van der Waals surface area contributed by atoms with Crippen LogP contribution < -0.4 is 31.1 Å². The van der Waals surface area contributed by atoms with Gasteiger partial charge in [-0.15, -0.1) is 0 Å². The maximum absolute atomic E-state index is 2.92. The van der Waals surface area contributed by atoms with Crippen LogP contribution >= 0.6 is 0 Å². The SMILES string of the molecule is Cc1cccc(N2c3cc(C)ccc3B3c4cccc5c4N(c4cc(N6c7ccccc7C7(c8ccccc8)CCc8ccccc8C67C)cc2c43)C2(C)CCCCC52c2ccccc2)c1. The van der Waals surface area contributed by atoms with Crippen molar-refractivity contribution in [3.63, 3.8) is 0 Å². The molecule has 0 saturated heterocycles. The first-order chi connectivity index (χ1) is 32.3. The highest BCUT2D eigenvalue weighted by molar-refractivity contribution is 7.00. The van der Waals surface area contributed by atoms with Crippen molar-refractivity contribution < 1.29 is 0 Å². The second-order valence-electron chi connectivity index (χ2n) is 20.8. The summed E-state index contributed by atoms with van der Waals surface area (Å²) in [5.74, 6) is 0. The predicted octanol–water partition coefficient (Wildman–Crippen LogP) is 13.0. The molecule has 1 saturated carbocycles. The van der Waals surface area contributed by atoms with E-state index in [1.807, 2.05) is 0 Å². The van der Waals surface area contributed by atoms with Gasteiger partial charge in [0, 0.05) is 45.2 Å². The van der Waals surface area contributed by atoms with Gasteiger partial charge in [0.05, 0.1) is 16.5 Å². The van der Waals surface area contributed by atoms with Gasteiger partial charge in [-0.05, 0) is 151 Å². The molecule has 4 unspecified atom stereocenters. The number of hydrogen-bond donors (Lipinski definition) is 0. The number of hydrogen-bond acceptors (Lipinski definition) is 3. The zero-order chi connectivity index (χ0) is 44.2. The van der Waals surface area contributed by atoms with Gasteiger partial charge < -0.3 is 14.7 Å². The third kappa shape index (κ3) is 4.56. The largest absolute Gasteiger partial charge is 0.335 e. The molecule has 8 aromatic carbocycles. The molecule has 8 aromatic rings. The van der Waals surface area contributed by atoms with E-state index in [0.717, 1.165) is 25.7 Å². The van der Waals surface area contributed by atoms with Gasteiger partial charge in [-0.1, -0.05) is 158 Å². The first kappa shape index (κ1) is 38.5. The lowest BCUT2D eigenvalue weighted by Gasteiger charge is -2.55. The van der Waals surface area contributed by atoms with Crippen LogP contribution in [-0.2, 0) is 22.8 Å². The molecule has 6 aliphatic rings. The lowest BCUT2D eigenvalue weighted by atomic mass is 9.33. The Bertz CT molecular complexity index is 3320. The van der Waals surface area contributed by atoms with Crippen molar-refractivity contribution in [2.45, 2.75) is 88.1 Å². The third-order valence-corrected chi connectivity index (χ3v) is 17.8. The summed E-state index contributed by atoms with van der Waals surface area (Å²) in [5.41, 5.74) is 23.4. The second kappa shape index (κ2) is 13.4. The van der Waals surface area contributed by atoms with Crippen molar-refractivity contribution in [1.82, 2.24) is 0 Å². The molecule has 0 spiro atoms. The Kier molecular flexibility index (Phi) is 7.82. The first-order valence-electron chi connectivity index (χ1n) is 24.5. The van der Waals surface area contributed by atoms with E-state index < -0.39 is 5.54 Å². The molecule has 3 nitrogen and oxygen atoms in total. The molecule has 4 aliphatic heterocycles. The van der Waals surface area contributed by atoms with Gasteiger partial charge in [-0.25, -0.2) is 0 Å². The Hall–Kier alpha value is -6.78. The Morgan fingerprint density at radius 1 is 0.455 bits per heavy atom. The van der Waals surface area contributed by atoms with E-state index in [9.17, 15) is 0 Å². The minimum absolute atomic E-state index is 0.0729. The van der Waals surface area contributed by atoms with Gasteiger partial charge >= 0.3 is 0 Å². The minimum Gasteiger partial charge on any atom is -0.335 e. The van der Waals surface area contributed by atoms with Gasteiger partial charge in [0.2, 0.25) is 0 Å². The number of nitrogens with zero attached hydrogens (tertiary/aromatic N) is 3. The fourth-order valence-corrected chi connectivity index (χ4v) is 15.3. The molecule has 0 radical (unpaired) electrons. The maximum Gasteiger partial charge on any atom is 0.252 e. The van der Waals surface area contributed by atoms with Gasteiger partial charge in [0.15, 0.2) is 0 Å². The lowest BCUT2D eigenvalue weighted by molar-refractivity contribution is 0.215. The van der Waals surface area contributed by atoms with Crippen LogP contribution in [0.25, 0.3) is 0 Å². The highest BCUT2D eigenvalue weighted by Gasteiger charge is 2.66. The number of fused-ring (bicyclic) bond motifs is 12. The average Bonchev–Trinajstić information content (AvgIpc) is 3.75. The summed E-state index contributed by atoms with van der Waals surface area (Å²) in [6, 6.07) is 71.0. The van der Waals surface area contributed by atoms with Gasteiger partial charge in [0.25, 0.3) is 6.71 Å². The highest BCUT2D eigenvalue weighted by Crippen LogP contribution is 2.68. The van der Waals surface area contributed by atoms with Crippen LogP contribution in [-0.4, -0.2) is 12.3 Å². The van der Waals surface area contributed by atoms with Crippen LogP contribution in [0.15, 0.2) is 182 Å². The maximum atomic E-state index is 2.92. The normalized spacial score (nSPS) is 24.7. The molecule has 66 heavy (non-hydrogen) atoms. The number of aryl methyl sites for hydroxylation is 3. The minimum atomic E-state index is -0.449. The molecule has 0 amide bonds. The van der Waals surface area contributed by atoms with Gasteiger partial charge in [-0.2, -0.15) is 0 Å². The van der Waals surface area contributed by atoms with Crippen molar-refractivity contribution in [1.29, 1.82) is 0 Å². The van der Waals surface area contributed by atoms with Crippen molar-refractivity contribution in [3.8, 4) is 0 Å². The van der Waals surface area contributed by atoms with Crippen LogP contribution in [0.4, 0.5) is 39.8 Å². The molecule has 4 heterocycles. The van der Waals surface area contributed by atoms with Crippen molar-refractivity contribution in [2.24, 2.45) is 0 Å². The fourth-order valence-electron chi connectivity index (χ4n) is 15.3. The van der Waals surface area contributed by atoms with E-state index in [2.05, 4.69) is 224 Å². The highest BCUT2D eigenvalue weighted by atomic mass is 15.3. The van der Waals surface area contributed by atoms with Crippen LogP contribution in [0.1, 0.15) is 90.5 Å². The summed E-state index contributed by atoms with van der Waals surface area (Å²) in [6.07, 6.45) is 6.74. The number of anilines is 7. The Balaban J connectivity index is 1.13. The average molecular weight is 852 g/mol. The molecule has 2 aliphatic carbocycles. The summed E-state index contributed by atoms with van der Waals surface area (Å²) < 4.78 is 0. The molecule has 1 fully saturated rings. The number of para-hydroxylation sites is 2. The molecule has 14 rings (SSSR count). The quantitative estimate of drug-likeness (QED) is 0.163. The Labute approximate surface area is 390 Å². The summed E-state index contributed by atoms with van der Waals surface area (Å²) in [5, 5.41) is 0. The predicted molar refractivity (Wildman–Crippen MR) is 276 cm³/mol. The number of rotatable bonds is 4. The van der Waals surface area contributed by atoms with E-state index in [4.69, 9.17) is 0 Å². The summed E-state index contributed by atoms with van der Waals surface area (Å²) in [4.78, 5) is 8.36. The summed E-state index contributed by atoms with van der Waals surface area (Å²) in [7, 11) is 0. The smallest absolute Gasteiger partial charge is 0.252 e. The second-order valence-corrected chi connectivity index (χ2v) is 20.8. The zero-order valence-corrected chi connectivity index (χ0v) is 38.5. The van der Waals surface area contributed by atoms with Crippen molar-refractivity contribution in [2.75, 3.05) is 14.7 Å². The molecule has 0 bridgehead atoms.